The van der Waals surface area contributed by atoms with Gasteiger partial charge in [0.15, 0.2) is 0 Å². The van der Waals surface area contributed by atoms with Crippen molar-refractivity contribution in [3.63, 3.8) is 0 Å². The molecule has 2 amide bonds. The van der Waals surface area contributed by atoms with E-state index >= 15 is 0 Å². The summed E-state index contributed by atoms with van der Waals surface area (Å²) in [5, 5.41) is 0.453. The van der Waals surface area contributed by atoms with Crippen LogP contribution in [-0.2, 0) is 9.59 Å². The highest BCUT2D eigenvalue weighted by Gasteiger charge is 2.44. The van der Waals surface area contributed by atoms with Crippen LogP contribution in [0.3, 0.4) is 0 Å². The van der Waals surface area contributed by atoms with Crippen molar-refractivity contribution < 1.29 is 14.3 Å². The topological polar surface area (TPSA) is 49.9 Å². The Bertz CT molecular complexity index is 1220. The third-order valence-electron chi connectivity index (χ3n) is 5.50. The molecule has 0 spiro atoms. The lowest BCUT2D eigenvalue weighted by molar-refractivity contribution is -0.120. The van der Waals surface area contributed by atoms with Gasteiger partial charge in [0.25, 0.3) is 11.8 Å². The average Bonchev–Trinajstić information content (AvgIpc) is 3.06. The maximum Gasteiger partial charge on any atom is 0.282 e. The molecule has 0 saturated heterocycles. The van der Waals surface area contributed by atoms with Crippen molar-refractivity contribution in [3.8, 4) is 5.75 Å². The molecule has 162 valence electrons. The molecular weight excluding hydrogens is 424 g/mol. The van der Waals surface area contributed by atoms with Gasteiger partial charge in [-0.15, -0.1) is 0 Å². The SMILES string of the molecule is CCN(C1=C(c2ccccc2OC)C(=O)N(c2cc(Cl)ccc2C)C1=O)c1ccccc1. The molecule has 0 bridgehead atoms. The van der Waals surface area contributed by atoms with Crippen LogP contribution in [0.2, 0.25) is 5.02 Å². The summed E-state index contributed by atoms with van der Waals surface area (Å²) in [6.07, 6.45) is 0. The fourth-order valence-electron chi connectivity index (χ4n) is 3.98. The number of likely N-dealkylation sites (N-methyl/N-ethyl adjacent to an activating group) is 1. The first-order chi connectivity index (χ1) is 15.5. The predicted octanol–water partition coefficient (Wildman–Crippen LogP) is 5.47. The molecule has 0 radical (unpaired) electrons. The monoisotopic (exact) mass is 446 g/mol. The number of amides is 2. The number of anilines is 2. The fraction of sp³-hybridized carbons (Fsp3) is 0.154. The number of para-hydroxylation sites is 2. The molecule has 6 heteroatoms. The first-order valence-electron chi connectivity index (χ1n) is 10.3. The van der Waals surface area contributed by atoms with Crippen molar-refractivity contribution in [2.45, 2.75) is 13.8 Å². The highest BCUT2D eigenvalue weighted by molar-refractivity contribution is 6.47. The highest BCUT2D eigenvalue weighted by Crippen LogP contribution is 2.40. The van der Waals surface area contributed by atoms with Gasteiger partial charge in [0.05, 0.1) is 18.4 Å². The van der Waals surface area contributed by atoms with Gasteiger partial charge in [-0.05, 0) is 49.7 Å². The van der Waals surface area contributed by atoms with Crippen molar-refractivity contribution in [1.29, 1.82) is 0 Å². The number of carbonyl (C=O) groups is 2. The molecule has 1 heterocycles. The lowest BCUT2D eigenvalue weighted by Gasteiger charge is -2.25. The summed E-state index contributed by atoms with van der Waals surface area (Å²) in [7, 11) is 1.55. The van der Waals surface area contributed by atoms with E-state index in [1.165, 1.54) is 4.90 Å². The summed E-state index contributed by atoms with van der Waals surface area (Å²) < 4.78 is 5.54. The van der Waals surface area contributed by atoms with Gasteiger partial charge in [-0.2, -0.15) is 0 Å². The lowest BCUT2D eigenvalue weighted by atomic mass is 10.0. The Labute approximate surface area is 192 Å². The second kappa shape index (κ2) is 8.89. The zero-order valence-electron chi connectivity index (χ0n) is 18.1. The molecule has 0 N–H and O–H groups in total. The number of methoxy groups -OCH3 is 1. The van der Waals surface area contributed by atoms with Crippen LogP contribution >= 0.6 is 11.6 Å². The summed E-state index contributed by atoms with van der Waals surface area (Å²) >= 11 is 6.22. The van der Waals surface area contributed by atoms with Gasteiger partial charge in [0.2, 0.25) is 0 Å². The Morgan fingerprint density at radius 1 is 0.938 bits per heavy atom. The van der Waals surface area contributed by atoms with E-state index in [9.17, 15) is 9.59 Å². The molecule has 0 saturated carbocycles. The molecule has 3 aromatic carbocycles. The van der Waals surface area contributed by atoms with Crippen LogP contribution in [0.5, 0.6) is 5.75 Å². The molecule has 4 rings (SSSR count). The average molecular weight is 447 g/mol. The fourth-order valence-corrected chi connectivity index (χ4v) is 4.15. The minimum atomic E-state index is -0.408. The Hall–Kier alpha value is -3.57. The zero-order valence-corrected chi connectivity index (χ0v) is 18.9. The van der Waals surface area contributed by atoms with Crippen LogP contribution in [0.1, 0.15) is 18.1 Å². The van der Waals surface area contributed by atoms with Gasteiger partial charge in [-0.3, -0.25) is 9.59 Å². The van der Waals surface area contributed by atoms with Crippen LogP contribution < -0.4 is 14.5 Å². The molecule has 3 aromatic rings. The third-order valence-corrected chi connectivity index (χ3v) is 5.74. The minimum absolute atomic E-state index is 0.303. The van der Waals surface area contributed by atoms with Crippen LogP contribution in [-0.4, -0.2) is 25.5 Å². The molecule has 0 fully saturated rings. The summed E-state index contributed by atoms with van der Waals surface area (Å²) in [6.45, 7) is 4.30. The van der Waals surface area contributed by atoms with Crippen molar-refractivity contribution in [2.24, 2.45) is 0 Å². The predicted molar refractivity (Wildman–Crippen MR) is 128 cm³/mol. The number of ether oxygens (including phenoxy) is 1. The van der Waals surface area contributed by atoms with Crippen molar-refractivity contribution in [2.75, 3.05) is 23.5 Å². The summed E-state index contributed by atoms with van der Waals surface area (Å²) in [4.78, 5) is 30.8. The number of benzene rings is 3. The summed E-state index contributed by atoms with van der Waals surface area (Å²) in [5.74, 6) is -0.281. The third kappa shape index (κ3) is 3.65. The molecular formula is C26H23ClN2O3. The van der Waals surface area contributed by atoms with E-state index in [-0.39, 0.29) is 0 Å². The quantitative estimate of drug-likeness (QED) is 0.471. The molecule has 32 heavy (non-hydrogen) atoms. The van der Waals surface area contributed by atoms with E-state index < -0.39 is 11.8 Å². The molecule has 1 aliphatic heterocycles. The van der Waals surface area contributed by atoms with E-state index in [0.717, 1.165) is 11.3 Å². The summed E-state index contributed by atoms with van der Waals surface area (Å²) in [6, 6.07) is 22.0. The van der Waals surface area contributed by atoms with Crippen molar-refractivity contribution in [1.82, 2.24) is 0 Å². The first kappa shape index (κ1) is 21.7. The minimum Gasteiger partial charge on any atom is -0.496 e. The number of imide groups is 1. The smallest absolute Gasteiger partial charge is 0.282 e. The normalized spacial score (nSPS) is 13.7. The number of halogens is 1. The Morgan fingerprint density at radius 3 is 2.31 bits per heavy atom. The zero-order chi connectivity index (χ0) is 22.8. The van der Waals surface area contributed by atoms with E-state index in [0.29, 0.717) is 39.8 Å². The van der Waals surface area contributed by atoms with Crippen LogP contribution in [0.15, 0.2) is 78.5 Å². The van der Waals surface area contributed by atoms with Crippen LogP contribution in [0, 0.1) is 6.92 Å². The molecule has 0 aliphatic carbocycles. The maximum atomic E-state index is 13.9. The van der Waals surface area contributed by atoms with Gasteiger partial charge in [0.1, 0.15) is 11.4 Å². The Balaban J connectivity index is 1.97. The number of rotatable bonds is 6. The standard InChI is InChI=1S/C26H23ClN2O3/c1-4-28(19-10-6-5-7-11-19)24-23(20-12-8-9-13-22(20)32-3)25(30)29(26(24)31)21-16-18(27)15-14-17(21)2/h5-16H,4H2,1-3H3. The number of aryl methyl sites for hydroxylation is 1. The van der Waals surface area contributed by atoms with Gasteiger partial charge in [0, 0.05) is 22.8 Å². The van der Waals surface area contributed by atoms with Crippen molar-refractivity contribution >= 4 is 40.4 Å². The van der Waals surface area contributed by atoms with Gasteiger partial charge < -0.3 is 9.64 Å². The van der Waals surface area contributed by atoms with E-state index in [4.69, 9.17) is 16.3 Å². The maximum absolute atomic E-state index is 13.9. The second-order valence-corrected chi connectivity index (χ2v) is 7.82. The largest absolute Gasteiger partial charge is 0.496 e. The number of hydrogen-bond donors (Lipinski definition) is 0. The summed E-state index contributed by atoms with van der Waals surface area (Å²) in [5.41, 5.74) is 3.26. The first-order valence-corrected chi connectivity index (χ1v) is 10.7. The van der Waals surface area contributed by atoms with E-state index in [1.807, 2.05) is 61.2 Å². The second-order valence-electron chi connectivity index (χ2n) is 7.38. The van der Waals surface area contributed by atoms with Gasteiger partial charge >= 0.3 is 0 Å². The van der Waals surface area contributed by atoms with E-state index in [1.54, 1.807) is 37.4 Å². The molecule has 0 atom stereocenters. The molecule has 1 aliphatic rings. The number of hydrogen-bond acceptors (Lipinski definition) is 4. The highest BCUT2D eigenvalue weighted by atomic mass is 35.5. The van der Waals surface area contributed by atoms with Crippen LogP contribution in [0.25, 0.3) is 5.57 Å². The lowest BCUT2D eigenvalue weighted by Crippen LogP contribution is -2.35. The van der Waals surface area contributed by atoms with Crippen molar-refractivity contribution in [3.05, 3.63) is 94.6 Å². The molecule has 0 unspecified atom stereocenters. The van der Waals surface area contributed by atoms with E-state index in [2.05, 4.69) is 0 Å². The number of carbonyl (C=O) groups excluding carboxylic acids is 2. The van der Waals surface area contributed by atoms with Gasteiger partial charge in [-0.25, -0.2) is 4.90 Å². The Morgan fingerprint density at radius 2 is 1.62 bits per heavy atom. The molecule has 0 aromatic heterocycles. The van der Waals surface area contributed by atoms with Gasteiger partial charge in [-0.1, -0.05) is 54.1 Å². The molecule has 5 nitrogen and oxygen atoms in total. The number of nitrogens with zero attached hydrogens (tertiary/aromatic N) is 2. The Kier molecular flexibility index (Phi) is 6.01. The van der Waals surface area contributed by atoms with Crippen LogP contribution in [0.4, 0.5) is 11.4 Å².